The van der Waals surface area contributed by atoms with Gasteiger partial charge in [0.15, 0.2) is 0 Å². The van der Waals surface area contributed by atoms with Crippen molar-refractivity contribution < 1.29 is 9.53 Å². The van der Waals surface area contributed by atoms with Crippen LogP contribution in [0.5, 0.6) is 0 Å². The maximum Gasteiger partial charge on any atom is 0.251 e. The number of fused-ring (bicyclic) bond motifs is 1. The van der Waals surface area contributed by atoms with Gasteiger partial charge in [0.25, 0.3) is 5.91 Å². The molecule has 3 aromatic rings. The largest absolute Gasteiger partial charge is 0.380 e. The third kappa shape index (κ3) is 4.06. The molecule has 3 rings (SSSR count). The average molecular weight is 337 g/mol. The topological polar surface area (TPSA) is 56.1 Å². The number of benzene rings is 2. The van der Waals surface area contributed by atoms with Crippen LogP contribution in [0.3, 0.4) is 0 Å². The fourth-order valence-electron chi connectivity index (χ4n) is 2.86. The van der Waals surface area contributed by atoms with E-state index in [1.165, 1.54) is 0 Å². The van der Waals surface area contributed by atoms with Crippen LogP contribution in [0.1, 0.15) is 28.7 Å². The highest BCUT2D eigenvalue weighted by Crippen LogP contribution is 2.16. The smallest absolute Gasteiger partial charge is 0.251 e. The highest BCUT2D eigenvalue weighted by Gasteiger charge is 2.12. The normalized spacial score (nSPS) is 11.0. The summed E-state index contributed by atoms with van der Waals surface area (Å²) < 4.78 is 7.60. The molecule has 1 aromatic heterocycles. The van der Waals surface area contributed by atoms with Crippen LogP contribution < -0.4 is 5.32 Å². The van der Waals surface area contributed by atoms with E-state index in [-0.39, 0.29) is 5.91 Å². The zero-order valence-electron chi connectivity index (χ0n) is 14.7. The molecule has 1 amide bonds. The second-order valence-electron chi connectivity index (χ2n) is 5.92. The zero-order valence-corrected chi connectivity index (χ0v) is 14.7. The molecule has 0 atom stereocenters. The van der Waals surface area contributed by atoms with Crippen LogP contribution in [0.15, 0.2) is 48.5 Å². The molecule has 0 unspecified atom stereocenters. The van der Waals surface area contributed by atoms with Gasteiger partial charge in [-0.05, 0) is 38.1 Å². The number of nitrogens with zero attached hydrogens (tertiary/aromatic N) is 2. The zero-order chi connectivity index (χ0) is 17.6. The molecule has 0 aliphatic carbocycles. The fourth-order valence-corrected chi connectivity index (χ4v) is 2.86. The van der Waals surface area contributed by atoms with Crippen molar-refractivity contribution >= 4 is 16.9 Å². The van der Waals surface area contributed by atoms with Gasteiger partial charge >= 0.3 is 0 Å². The molecular weight excluding hydrogens is 314 g/mol. The number of aryl methyl sites for hydroxylation is 1. The summed E-state index contributed by atoms with van der Waals surface area (Å²) in [6.45, 7) is 6.36. The third-order valence-electron chi connectivity index (χ3n) is 4.08. The Morgan fingerprint density at radius 1 is 1.20 bits per heavy atom. The Kier molecular flexibility index (Phi) is 5.46. The Balaban J connectivity index is 1.78. The number of ether oxygens (including phenoxy) is 1. The highest BCUT2D eigenvalue weighted by molar-refractivity contribution is 5.94. The molecule has 0 bridgehead atoms. The molecule has 0 spiro atoms. The molecule has 25 heavy (non-hydrogen) atoms. The number of hydrogen-bond donors (Lipinski definition) is 1. The quantitative estimate of drug-likeness (QED) is 0.673. The van der Waals surface area contributed by atoms with Crippen LogP contribution >= 0.6 is 0 Å². The molecule has 1 heterocycles. The number of para-hydroxylation sites is 2. The first-order chi connectivity index (χ1) is 12.2. The molecular formula is C20H23N3O2. The van der Waals surface area contributed by atoms with Crippen molar-refractivity contribution in [2.75, 3.05) is 13.2 Å². The van der Waals surface area contributed by atoms with E-state index < -0.39 is 0 Å². The average Bonchev–Trinajstić information content (AvgIpc) is 2.98. The summed E-state index contributed by atoms with van der Waals surface area (Å²) >= 11 is 0. The highest BCUT2D eigenvalue weighted by atomic mass is 16.5. The van der Waals surface area contributed by atoms with Gasteiger partial charge < -0.3 is 14.6 Å². The summed E-state index contributed by atoms with van der Waals surface area (Å²) in [5.41, 5.74) is 3.72. The number of imidazole rings is 1. The standard InChI is InChI=1S/C20H23N3O2/c1-3-25-12-11-23-18-10-5-4-9-17(18)22-19(23)14-21-20(24)16-8-6-7-15(2)13-16/h4-10,13H,3,11-12,14H2,1-2H3,(H,21,24). The van der Waals surface area contributed by atoms with Crippen molar-refractivity contribution in [2.45, 2.75) is 26.9 Å². The monoisotopic (exact) mass is 337 g/mol. The Morgan fingerprint density at radius 2 is 2.04 bits per heavy atom. The number of nitrogens with one attached hydrogen (secondary N) is 1. The minimum atomic E-state index is -0.0906. The van der Waals surface area contributed by atoms with Gasteiger partial charge in [0, 0.05) is 18.7 Å². The van der Waals surface area contributed by atoms with Crippen molar-refractivity contribution in [3.05, 3.63) is 65.5 Å². The lowest BCUT2D eigenvalue weighted by Crippen LogP contribution is -2.25. The number of hydrogen-bond acceptors (Lipinski definition) is 3. The van der Waals surface area contributed by atoms with Crippen molar-refractivity contribution in [2.24, 2.45) is 0 Å². The van der Waals surface area contributed by atoms with E-state index in [9.17, 15) is 4.79 Å². The van der Waals surface area contributed by atoms with E-state index in [4.69, 9.17) is 4.74 Å². The summed E-state index contributed by atoms with van der Waals surface area (Å²) in [5.74, 6) is 0.744. The Labute approximate surface area is 147 Å². The van der Waals surface area contributed by atoms with E-state index in [1.54, 1.807) is 0 Å². The predicted octanol–water partition coefficient (Wildman–Crippen LogP) is 3.31. The summed E-state index contributed by atoms with van der Waals surface area (Å²) in [5, 5.41) is 2.97. The van der Waals surface area contributed by atoms with Gasteiger partial charge in [-0.2, -0.15) is 0 Å². The van der Waals surface area contributed by atoms with Crippen LogP contribution in [0.4, 0.5) is 0 Å². The van der Waals surface area contributed by atoms with Crippen molar-refractivity contribution in [1.29, 1.82) is 0 Å². The molecule has 5 heteroatoms. The summed E-state index contributed by atoms with van der Waals surface area (Å²) in [6, 6.07) is 15.6. The number of aromatic nitrogens is 2. The third-order valence-corrected chi connectivity index (χ3v) is 4.08. The van der Waals surface area contributed by atoms with Crippen LogP contribution in [0.2, 0.25) is 0 Å². The summed E-state index contributed by atoms with van der Waals surface area (Å²) in [4.78, 5) is 17.1. The van der Waals surface area contributed by atoms with E-state index in [0.29, 0.717) is 31.9 Å². The molecule has 0 radical (unpaired) electrons. The van der Waals surface area contributed by atoms with Gasteiger partial charge in [0.05, 0.1) is 24.2 Å². The number of amides is 1. The van der Waals surface area contributed by atoms with Crippen molar-refractivity contribution in [3.63, 3.8) is 0 Å². The Bertz CT molecular complexity index is 870. The van der Waals surface area contributed by atoms with Crippen LogP contribution in [0.25, 0.3) is 11.0 Å². The van der Waals surface area contributed by atoms with E-state index in [0.717, 1.165) is 22.4 Å². The second kappa shape index (κ2) is 7.94. The Hall–Kier alpha value is -2.66. The summed E-state index contributed by atoms with van der Waals surface area (Å²) in [7, 11) is 0. The fraction of sp³-hybridized carbons (Fsp3) is 0.300. The van der Waals surface area contributed by atoms with E-state index in [1.807, 2.05) is 62.4 Å². The molecule has 0 fully saturated rings. The van der Waals surface area contributed by atoms with Crippen LogP contribution in [-0.4, -0.2) is 28.7 Å². The van der Waals surface area contributed by atoms with Gasteiger partial charge in [-0.25, -0.2) is 4.98 Å². The van der Waals surface area contributed by atoms with Crippen LogP contribution in [0, 0.1) is 6.92 Å². The second-order valence-corrected chi connectivity index (χ2v) is 5.92. The van der Waals surface area contributed by atoms with Crippen LogP contribution in [-0.2, 0) is 17.8 Å². The lowest BCUT2D eigenvalue weighted by molar-refractivity contribution is 0.0949. The predicted molar refractivity (Wildman–Crippen MR) is 98.6 cm³/mol. The first-order valence-corrected chi connectivity index (χ1v) is 8.56. The SMILES string of the molecule is CCOCCn1c(CNC(=O)c2cccc(C)c2)nc2ccccc21. The maximum absolute atomic E-state index is 12.4. The van der Waals surface area contributed by atoms with Crippen molar-refractivity contribution in [3.8, 4) is 0 Å². The Morgan fingerprint density at radius 3 is 2.84 bits per heavy atom. The molecule has 0 aliphatic heterocycles. The number of carbonyl (C=O) groups excluding carboxylic acids is 1. The van der Waals surface area contributed by atoms with Gasteiger partial charge in [-0.15, -0.1) is 0 Å². The van der Waals surface area contributed by atoms with Gasteiger partial charge in [0.1, 0.15) is 5.82 Å². The molecule has 1 N–H and O–H groups in total. The molecule has 0 saturated heterocycles. The van der Waals surface area contributed by atoms with Gasteiger partial charge in [-0.1, -0.05) is 29.8 Å². The maximum atomic E-state index is 12.4. The van der Waals surface area contributed by atoms with Crippen molar-refractivity contribution in [1.82, 2.24) is 14.9 Å². The lowest BCUT2D eigenvalue weighted by Gasteiger charge is -2.10. The molecule has 5 nitrogen and oxygen atoms in total. The van der Waals surface area contributed by atoms with E-state index >= 15 is 0 Å². The lowest BCUT2D eigenvalue weighted by atomic mass is 10.1. The molecule has 0 aliphatic rings. The molecule has 0 saturated carbocycles. The minimum Gasteiger partial charge on any atom is -0.380 e. The van der Waals surface area contributed by atoms with E-state index in [2.05, 4.69) is 14.9 Å². The number of carbonyl (C=O) groups is 1. The first-order valence-electron chi connectivity index (χ1n) is 8.56. The van der Waals surface area contributed by atoms with Gasteiger partial charge in [-0.3, -0.25) is 4.79 Å². The first kappa shape index (κ1) is 17.2. The number of rotatable bonds is 7. The van der Waals surface area contributed by atoms with Gasteiger partial charge in [0.2, 0.25) is 0 Å². The minimum absolute atomic E-state index is 0.0906. The summed E-state index contributed by atoms with van der Waals surface area (Å²) in [6.07, 6.45) is 0. The molecule has 130 valence electrons. The molecule has 2 aromatic carbocycles.